The van der Waals surface area contributed by atoms with E-state index in [0.717, 1.165) is 25.7 Å². The molecule has 0 aliphatic heterocycles. The maximum Gasteiger partial charge on any atom is 0.308 e. The summed E-state index contributed by atoms with van der Waals surface area (Å²) < 4.78 is 4.86. The van der Waals surface area contributed by atoms with E-state index in [1.54, 1.807) is 0 Å². The third-order valence-electron chi connectivity index (χ3n) is 2.95. The fourth-order valence-electron chi connectivity index (χ4n) is 2.06. The zero-order valence-corrected chi connectivity index (χ0v) is 10.4. The highest BCUT2D eigenvalue weighted by Crippen LogP contribution is 2.24. The fourth-order valence-corrected chi connectivity index (χ4v) is 2.06. The number of nitrogens with one attached hydrogen (secondary N) is 1. The average molecular weight is 239 g/mol. The highest BCUT2D eigenvalue weighted by Gasteiger charge is 2.24. The molecule has 4 heteroatoms. The van der Waals surface area contributed by atoms with E-state index in [-0.39, 0.29) is 36.9 Å². The molecular weight excluding hydrogens is 218 g/mol. The summed E-state index contributed by atoms with van der Waals surface area (Å²) in [5, 5.41) is 2.86. The quantitative estimate of drug-likeness (QED) is 0.568. The normalized spacial score (nSPS) is 17.5. The van der Waals surface area contributed by atoms with Crippen molar-refractivity contribution >= 4 is 11.9 Å². The molecule has 1 rings (SSSR count). The fraction of sp³-hybridized carbons (Fsp3) is 0.692. The molecule has 0 aromatic rings. The first-order valence-corrected chi connectivity index (χ1v) is 6.20. The van der Waals surface area contributed by atoms with Gasteiger partial charge in [-0.25, -0.2) is 0 Å². The minimum absolute atomic E-state index is 0.0755. The zero-order valence-electron chi connectivity index (χ0n) is 10.4. The van der Waals surface area contributed by atoms with Gasteiger partial charge in [0.2, 0.25) is 5.91 Å². The monoisotopic (exact) mass is 239 g/mol. The molecular formula is C13H21NO3. The third-order valence-corrected chi connectivity index (χ3v) is 2.95. The van der Waals surface area contributed by atoms with E-state index in [0.29, 0.717) is 0 Å². The van der Waals surface area contributed by atoms with Crippen molar-refractivity contribution in [1.29, 1.82) is 0 Å². The molecule has 1 N–H and O–H groups in total. The number of esters is 1. The van der Waals surface area contributed by atoms with Gasteiger partial charge < -0.3 is 10.1 Å². The van der Waals surface area contributed by atoms with Crippen molar-refractivity contribution in [2.24, 2.45) is 5.92 Å². The van der Waals surface area contributed by atoms with Gasteiger partial charge in [0.05, 0.1) is 6.42 Å². The lowest BCUT2D eigenvalue weighted by atomic mass is 10.1. The van der Waals surface area contributed by atoms with E-state index >= 15 is 0 Å². The Balaban J connectivity index is 2.23. The second-order valence-electron chi connectivity index (χ2n) is 4.57. The van der Waals surface area contributed by atoms with Crippen LogP contribution in [0.1, 0.15) is 39.0 Å². The van der Waals surface area contributed by atoms with Crippen molar-refractivity contribution in [1.82, 2.24) is 5.32 Å². The Labute approximate surface area is 102 Å². The van der Waals surface area contributed by atoms with Crippen LogP contribution in [0.4, 0.5) is 0 Å². The molecule has 1 aliphatic rings. The van der Waals surface area contributed by atoms with Crippen molar-refractivity contribution in [2.75, 3.05) is 6.61 Å². The Bertz CT molecular complexity index is 282. The summed E-state index contributed by atoms with van der Waals surface area (Å²) in [4.78, 5) is 23.1. The van der Waals surface area contributed by atoms with Crippen LogP contribution in [-0.2, 0) is 14.3 Å². The molecule has 0 spiro atoms. The van der Waals surface area contributed by atoms with Crippen LogP contribution in [0.5, 0.6) is 0 Å². The Morgan fingerprint density at radius 2 is 2.12 bits per heavy atom. The van der Waals surface area contributed by atoms with Gasteiger partial charge in [-0.1, -0.05) is 25.5 Å². The van der Waals surface area contributed by atoms with Gasteiger partial charge in [-0.2, -0.15) is 0 Å². The van der Waals surface area contributed by atoms with Crippen LogP contribution in [-0.4, -0.2) is 24.5 Å². The molecule has 1 fully saturated rings. The molecule has 0 aromatic heterocycles. The van der Waals surface area contributed by atoms with Gasteiger partial charge in [0.25, 0.3) is 0 Å². The molecule has 0 aromatic carbocycles. The van der Waals surface area contributed by atoms with Crippen molar-refractivity contribution in [3.63, 3.8) is 0 Å². The lowest BCUT2D eigenvalue weighted by molar-refractivity contribution is -0.143. The van der Waals surface area contributed by atoms with Gasteiger partial charge in [-0.15, -0.1) is 0 Å². The van der Waals surface area contributed by atoms with Gasteiger partial charge in [0.1, 0.15) is 6.61 Å². The molecule has 1 saturated carbocycles. The van der Waals surface area contributed by atoms with Gasteiger partial charge in [-0.3, -0.25) is 9.59 Å². The summed E-state index contributed by atoms with van der Waals surface area (Å²) in [6.07, 6.45) is 5.95. The number of carbonyl (C=O) groups is 2. The first kappa shape index (κ1) is 13.7. The average Bonchev–Trinajstić information content (AvgIpc) is 2.79. The number of hydrogen-bond acceptors (Lipinski definition) is 3. The minimum atomic E-state index is -0.302. The molecule has 0 saturated heterocycles. The maximum atomic E-state index is 11.8. The zero-order chi connectivity index (χ0) is 12.7. The lowest BCUT2D eigenvalue weighted by Gasteiger charge is -2.16. The minimum Gasteiger partial charge on any atom is -0.461 e. The van der Waals surface area contributed by atoms with Crippen molar-refractivity contribution in [3.05, 3.63) is 12.7 Å². The third kappa shape index (κ3) is 5.02. The molecule has 4 nitrogen and oxygen atoms in total. The van der Waals surface area contributed by atoms with Crippen LogP contribution in [0.2, 0.25) is 0 Å². The summed E-state index contributed by atoms with van der Waals surface area (Å²) in [7, 11) is 0. The highest BCUT2D eigenvalue weighted by molar-refractivity contribution is 5.80. The second-order valence-corrected chi connectivity index (χ2v) is 4.57. The van der Waals surface area contributed by atoms with Crippen molar-refractivity contribution < 1.29 is 14.3 Å². The summed E-state index contributed by atoms with van der Waals surface area (Å²) in [5.74, 6) is -0.0858. The van der Waals surface area contributed by atoms with Crippen LogP contribution >= 0.6 is 0 Å². The van der Waals surface area contributed by atoms with E-state index in [4.69, 9.17) is 4.74 Å². The predicted molar refractivity (Wildman–Crippen MR) is 65.3 cm³/mol. The first-order valence-electron chi connectivity index (χ1n) is 6.20. The van der Waals surface area contributed by atoms with E-state index in [1.165, 1.54) is 6.08 Å². The summed E-state index contributed by atoms with van der Waals surface area (Å²) >= 11 is 0. The molecule has 0 heterocycles. The van der Waals surface area contributed by atoms with Crippen LogP contribution in [0, 0.1) is 5.92 Å². The predicted octanol–water partition coefficient (Wildman–Crippen LogP) is 1.80. The maximum absolute atomic E-state index is 11.8. The standard InChI is InChI=1S/C13H21NO3/c1-3-8-17-12(15)9-10(2)14-13(16)11-6-4-5-7-11/h3,10-11H,1,4-9H2,2H3,(H,14,16). The highest BCUT2D eigenvalue weighted by atomic mass is 16.5. The van der Waals surface area contributed by atoms with Gasteiger partial charge in [0.15, 0.2) is 0 Å². The first-order chi connectivity index (χ1) is 8.13. The topological polar surface area (TPSA) is 55.4 Å². The van der Waals surface area contributed by atoms with E-state index in [2.05, 4.69) is 11.9 Å². The molecule has 1 aliphatic carbocycles. The number of carbonyl (C=O) groups excluding carboxylic acids is 2. The molecule has 0 radical (unpaired) electrons. The van der Waals surface area contributed by atoms with Crippen LogP contribution in [0.25, 0.3) is 0 Å². The Hall–Kier alpha value is -1.32. The summed E-state index contributed by atoms with van der Waals surface area (Å²) in [6.45, 7) is 5.51. The molecule has 17 heavy (non-hydrogen) atoms. The van der Waals surface area contributed by atoms with Crippen LogP contribution in [0.3, 0.4) is 0 Å². The Morgan fingerprint density at radius 3 is 2.71 bits per heavy atom. The lowest BCUT2D eigenvalue weighted by Crippen LogP contribution is -2.37. The van der Waals surface area contributed by atoms with E-state index in [1.807, 2.05) is 6.92 Å². The largest absolute Gasteiger partial charge is 0.461 e. The van der Waals surface area contributed by atoms with Crippen LogP contribution < -0.4 is 5.32 Å². The summed E-state index contributed by atoms with van der Waals surface area (Å²) in [5.41, 5.74) is 0. The van der Waals surface area contributed by atoms with Crippen molar-refractivity contribution in [2.45, 2.75) is 45.1 Å². The smallest absolute Gasteiger partial charge is 0.308 e. The number of hydrogen-bond donors (Lipinski definition) is 1. The molecule has 96 valence electrons. The molecule has 1 unspecified atom stereocenters. The number of ether oxygens (including phenoxy) is 1. The van der Waals surface area contributed by atoms with Crippen LogP contribution in [0.15, 0.2) is 12.7 Å². The van der Waals surface area contributed by atoms with Crippen molar-refractivity contribution in [3.8, 4) is 0 Å². The molecule has 1 amide bonds. The van der Waals surface area contributed by atoms with E-state index in [9.17, 15) is 9.59 Å². The Morgan fingerprint density at radius 1 is 1.47 bits per heavy atom. The van der Waals surface area contributed by atoms with Gasteiger partial charge in [0, 0.05) is 12.0 Å². The summed E-state index contributed by atoms with van der Waals surface area (Å²) in [6, 6.07) is -0.166. The number of rotatable bonds is 6. The number of amides is 1. The SMILES string of the molecule is C=CCOC(=O)CC(C)NC(=O)C1CCCC1. The molecule has 1 atom stereocenters. The van der Waals surface area contributed by atoms with Gasteiger partial charge in [-0.05, 0) is 19.8 Å². The second kappa shape index (κ2) is 7.09. The molecule has 0 bridgehead atoms. The van der Waals surface area contributed by atoms with E-state index < -0.39 is 0 Å². The Kier molecular flexibility index (Phi) is 5.73. The van der Waals surface area contributed by atoms with Gasteiger partial charge >= 0.3 is 5.97 Å².